The summed E-state index contributed by atoms with van der Waals surface area (Å²) in [5.74, 6) is -0.958. The lowest BCUT2D eigenvalue weighted by atomic mass is 10.1. The fourth-order valence-electron chi connectivity index (χ4n) is 7.45. The number of anilines is 3. The molecule has 0 atom stereocenters. The third kappa shape index (κ3) is 8.28. The lowest BCUT2D eigenvalue weighted by Crippen LogP contribution is -2.49. The molecule has 0 unspecified atom stereocenters. The molecule has 2 aliphatic rings. The van der Waals surface area contributed by atoms with E-state index in [1.54, 1.807) is 12.3 Å². The molecule has 0 saturated carbocycles. The van der Waals surface area contributed by atoms with Crippen molar-refractivity contribution in [3.63, 3.8) is 0 Å². The summed E-state index contributed by atoms with van der Waals surface area (Å²) in [6, 6.07) is 29.3. The highest BCUT2D eigenvalue weighted by Gasteiger charge is 2.25. The largest absolute Gasteiger partial charge is 0.369 e. The van der Waals surface area contributed by atoms with Crippen molar-refractivity contribution >= 4 is 39.8 Å². The van der Waals surface area contributed by atoms with Gasteiger partial charge in [0.25, 0.3) is 5.91 Å². The lowest BCUT2D eigenvalue weighted by Gasteiger charge is -2.36. The smallest absolute Gasteiger partial charge is 0.261 e. The maximum Gasteiger partial charge on any atom is 0.261 e. The molecule has 0 radical (unpaired) electrons. The van der Waals surface area contributed by atoms with Gasteiger partial charge in [-0.15, -0.1) is 0 Å². The zero-order chi connectivity index (χ0) is 36.9. The molecule has 3 heterocycles. The molecule has 0 bridgehead atoms. The van der Waals surface area contributed by atoms with Crippen LogP contribution >= 0.6 is 0 Å². The molecule has 9 nitrogen and oxygen atoms in total. The second-order valence-corrected chi connectivity index (χ2v) is 14.1. The third-order valence-corrected chi connectivity index (χ3v) is 10.5. The van der Waals surface area contributed by atoms with E-state index in [2.05, 4.69) is 46.3 Å². The van der Waals surface area contributed by atoms with Gasteiger partial charge in [0.15, 0.2) is 0 Å². The molecule has 10 heteroatoms. The Kier molecular flexibility index (Phi) is 10.9. The molecule has 2 amide bonds. The van der Waals surface area contributed by atoms with Crippen LogP contribution in [0.5, 0.6) is 0 Å². The number of aromatic nitrogens is 1. The first kappa shape index (κ1) is 35.9. The van der Waals surface area contributed by atoms with Crippen LogP contribution < -0.4 is 20.5 Å². The van der Waals surface area contributed by atoms with E-state index in [0.717, 1.165) is 43.9 Å². The zero-order valence-electron chi connectivity index (χ0n) is 30.6. The van der Waals surface area contributed by atoms with Crippen LogP contribution in [-0.4, -0.2) is 78.5 Å². The van der Waals surface area contributed by atoms with E-state index in [1.165, 1.54) is 17.3 Å². The van der Waals surface area contributed by atoms with Crippen molar-refractivity contribution in [3.8, 4) is 0 Å². The van der Waals surface area contributed by atoms with Gasteiger partial charge in [-0.05, 0) is 73.4 Å². The molecule has 2 aliphatic heterocycles. The molecule has 0 spiro atoms. The highest BCUT2D eigenvalue weighted by molar-refractivity contribution is 6.06. The van der Waals surface area contributed by atoms with Crippen LogP contribution in [0, 0.1) is 12.7 Å². The Labute approximate surface area is 310 Å². The zero-order valence-corrected chi connectivity index (χ0v) is 30.6. The second kappa shape index (κ2) is 16.0. The van der Waals surface area contributed by atoms with Crippen molar-refractivity contribution in [2.24, 2.45) is 0 Å². The van der Waals surface area contributed by atoms with Crippen LogP contribution in [0.1, 0.15) is 40.4 Å². The number of nitrogens with zero attached hydrogens (tertiary/aromatic N) is 5. The summed E-state index contributed by atoms with van der Waals surface area (Å²) in [7, 11) is 0. The van der Waals surface area contributed by atoms with Crippen molar-refractivity contribution in [2.75, 3.05) is 67.5 Å². The first-order chi connectivity index (χ1) is 25.7. The Balaban J connectivity index is 0.971. The van der Waals surface area contributed by atoms with E-state index in [1.807, 2.05) is 75.9 Å². The summed E-state index contributed by atoms with van der Waals surface area (Å²) in [6.07, 6.45) is 2.69. The monoisotopic (exact) mass is 714 g/mol. The van der Waals surface area contributed by atoms with Gasteiger partial charge in [-0.2, -0.15) is 0 Å². The summed E-state index contributed by atoms with van der Waals surface area (Å²) >= 11 is 0. The summed E-state index contributed by atoms with van der Waals surface area (Å²) in [4.78, 5) is 48.6. The average molecular weight is 715 g/mol. The van der Waals surface area contributed by atoms with E-state index < -0.39 is 17.2 Å². The number of fused-ring (bicyclic) bond motifs is 1. The molecular weight excluding hydrogens is 668 g/mol. The van der Waals surface area contributed by atoms with Crippen molar-refractivity contribution < 1.29 is 14.0 Å². The Morgan fingerprint density at radius 3 is 2.19 bits per heavy atom. The number of pyridine rings is 1. The minimum Gasteiger partial charge on any atom is -0.369 e. The van der Waals surface area contributed by atoms with Crippen molar-refractivity contribution in [2.45, 2.75) is 39.8 Å². The molecule has 5 aromatic rings. The van der Waals surface area contributed by atoms with Gasteiger partial charge in [-0.25, -0.2) is 4.39 Å². The van der Waals surface area contributed by atoms with Gasteiger partial charge in [-0.1, -0.05) is 54.6 Å². The number of hydrogen-bond donors (Lipinski definition) is 1. The van der Waals surface area contributed by atoms with E-state index >= 15 is 4.39 Å². The fourth-order valence-corrected chi connectivity index (χ4v) is 7.45. The first-order valence-corrected chi connectivity index (χ1v) is 18.6. The summed E-state index contributed by atoms with van der Waals surface area (Å²) in [5.41, 5.74) is 5.81. The molecular formula is C43H47FN6O3. The quantitative estimate of drug-likeness (QED) is 0.182. The topological polar surface area (TPSA) is 81.1 Å². The number of carbonyl (C=O) groups excluding carboxylic acids is 2. The highest BCUT2D eigenvalue weighted by atomic mass is 19.1. The highest BCUT2D eigenvalue weighted by Crippen LogP contribution is 2.27. The van der Waals surface area contributed by atoms with Crippen LogP contribution in [0.3, 0.4) is 0 Å². The lowest BCUT2D eigenvalue weighted by molar-refractivity contribution is -0.131. The Morgan fingerprint density at radius 2 is 1.49 bits per heavy atom. The first-order valence-electron chi connectivity index (χ1n) is 18.6. The predicted molar refractivity (Wildman–Crippen MR) is 210 cm³/mol. The maximum atomic E-state index is 15.7. The van der Waals surface area contributed by atoms with Crippen LogP contribution in [0.25, 0.3) is 10.9 Å². The molecule has 274 valence electrons. The predicted octanol–water partition coefficient (Wildman–Crippen LogP) is 6.32. The number of halogens is 1. The average Bonchev–Trinajstić information content (AvgIpc) is 3.18. The number of carbonyl (C=O) groups is 2. The second-order valence-electron chi connectivity index (χ2n) is 14.1. The van der Waals surface area contributed by atoms with E-state index in [0.29, 0.717) is 62.5 Å². The van der Waals surface area contributed by atoms with E-state index in [9.17, 15) is 14.4 Å². The van der Waals surface area contributed by atoms with Gasteiger partial charge in [0.1, 0.15) is 11.4 Å². The fraction of sp³-hybridized carbons (Fsp3) is 0.326. The molecule has 2 saturated heterocycles. The normalized spacial score (nSPS) is 15.2. The van der Waals surface area contributed by atoms with Gasteiger partial charge >= 0.3 is 0 Å². The number of benzene rings is 4. The standard InChI is InChI=1S/C43H47FN6O3/c1-3-47-30-37(43(53)45-34-15-12-33(13-16-34)29-46-18-20-48(21-19-46)35-11-7-8-31(2)26-35)42(52)36-27-38(44)40(28-39(36)47)49-22-24-50(25-23-49)41(51)17-14-32-9-5-4-6-10-32/h4-13,15-16,26-28,30H,3,14,17-25,29H2,1-2H3,(H,45,53). The van der Waals surface area contributed by atoms with Gasteiger partial charge in [0.2, 0.25) is 11.3 Å². The molecule has 1 N–H and O–H groups in total. The Hall–Kier alpha value is -5.48. The SMILES string of the molecule is CCn1cc(C(=O)Nc2ccc(CN3CCN(c4cccc(C)c4)CC3)cc2)c(=O)c2cc(F)c(N3CCN(C(=O)CCc4ccccc4)CC3)cc21. The van der Waals surface area contributed by atoms with E-state index in [4.69, 9.17) is 0 Å². The number of amides is 2. The Bertz CT molecular complexity index is 2140. The third-order valence-electron chi connectivity index (χ3n) is 10.5. The van der Waals surface area contributed by atoms with Gasteiger partial charge in [0, 0.05) is 94.8 Å². The van der Waals surface area contributed by atoms with Gasteiger partial charge in [-0.3, -0.25) is 19.3 Å². The molecule has 1 aromatic heterocycles. The summed E-state index contributed by atoms with van der Waals surface area (Å²) in [6.45, 7) is 11.2. The van der Waals surface area contributed by atoms with Crippen molar-refractivity contribution in [1.29, 1.82) is 0 Å². The molecule has 4 aromatic carbocycles. The van der Waals surface area contributed by atoms with E-state index in [-0.39, 0.29) is 16.9 Å². The summed E-state index contributed by atoms with van der Waals surface area (Å²) in [5, 5.41) is 3.04. The maximum absolute atomic E-state index is 15.7. The number of nitrogens with one attached hydrogen (secondary N) is 1. The number of aryl methyl sites for hydroxylation is 3. The number of rotatable bonds is 10. The van der Waals surface area contributed by atoms with Crippen molar-refractivity contribution in [3.05, 3.63) is 135 Å². The molecule has 7 rings (SSSR count). The number of piperazine rings is 2. The molecule has 2 fully saturated rings. The van der Waals surface area contributed by atoms with Crippen LogP contribution in [-0.2, 0) is 24.3 Å². The molecule has 53 heavy (non-hydrogen) atoms. The van der Waals surface area contributed by atoms with Crippen molar-refractivity contribution in [1.82, 2.24) is 14.4 Å². The van der Waals surface area contributed by atoms with Crippen LogP contribution in [0.2, 0.25) is 0 Å². The summed E-state index contributed by atoms with van der Waals surface area (Å²) < 4.78 is 17.5. The van der Waals surface area contributed by atoms with Crippen LogP contribution in [0.4, 0.5) is 21.5 Å². The minimum atomic E-state index is -0.531. The van der Waals surface area contributed by atoms with Gasteiger partial charge in [0.05, 0.1) is 11.2 Å². The number of hydrogen-bond acceptors (Lipinski definition) is 6. The minimum absolute atomic E-state index is 0.0373. The van der Waals surface area contributed by atoms with Gasteiger partial charge < -0.3 is 24.6 Å². The molecule has 0 aliphatic carbocycles. The Morgan fingerprint density at radius 1 is 0.774 bits per heavy atom. The van der Waals surface area contributed by atoms with Crippen LogP contribution in [0.15, 0.2) is 102 Å².